The first kappa shape index (κ1) is 10.4. The third-order valence-corrected chi connectivity index (χ3v) is 2.87. The molecule has 1 N–H and O–H groups in total. The van der Waals surface area contributed by atoms with E-state index in [0.29, 0.717) is 5.56 Å². The SMILES string of the molecule is Cc1cc(C2=CC(O)CCC2)ccc1F. The third-order valence-electron chi connectivity index (χ3n) is 2.87. The van der Waals surface area contributed by atoms with Gasteiger partial charge in [0.1, 0.15) is 5.82 Å². The molecule has 1 unspecified atom stereocenters. The highest BCUT2D eigenvalue weighted by Gasteiger charge is 2.12. The Kier molecular flexibility index (Phi) is 2.87. The Balaban J connectivity index is 2.33. The first-order valence-corrected chi connectivity index (χ1v) is 5.32. The monoisotopic (exact) mass is 206 g/mol. The summed E-state index contributed by atoms with van der Waals surface area (Å²) >= 11 is 0. The molecule has 1 aromatic carbocycles. The molecule has 0 saturated carbocycles. The molecule has 15 heavy (non-hydrogen) atoms. The number of benzene rings is 1. The average molecular weight is 206 g/mol. The number of aliphatic hydroxyl groups excluding tert-OH is 1. The fourth-order valence-electron chi connectivity index (χ4n) is 1.99. The van der Waals surface area contributed by atoms with Gasteiger partial charge in [-0.2, -0.15) is 0 Å². The molecule has 1 aliphatic carbocycles. The van der Waals surface area contributed by atoms with Gasteiger partial charge in [0.15, 0.2) is 0 Å². The normalized spacial score (nSPS) is 21.3. The predicted molar refractivity (Wildman–Crippen MR) is 59.0 cm³/mol. The minimum Gasteiger partial charge on any atom is -0.389 e. The van der Waals surface area contributed by atoms with E-state index in [-0.39, 0.29) is 11.9 Å². The molecular formula is C13H15FO. The van der Waals surface area contributed by atoms with Crippen molar-refractivity contribution in [3.05, 3.63) is 41.2 Å². The Labute approximate surface area is 89.3 Å². The lowest BCUT2D eigenvalue weighted by molar-refractivity contribution is 0.206. The van der Waals surface area contributed by atoms with Crippen LogP contribution in [0.25, 0.3) is 5.57 Å². The Bertz CT molecular complexity index is 396. The van der Waals surface area contributed by atoms with Gasteiger partial charge in [-0.3, -0.25) is 0 Å². The molecule has 2 heteroatoms. The van der Waals surface area contributed by atoms with Crippen LogP contribution in [0.15, 0.2) is 24.3 Å². The van der Waals surface area contributed by atoms with Gasteiger partial charge in [-0.1, -0.05) is 12.1 Å². The minimum atomic E-state index is -0.334. The van der Waals surface area contributed by atoms with Crippen molar-refractivity contribution < 1.29 is 9.50 Å². The highest BCUT2D eigenvalue weighted by atomic mass is 19.1. The van der Waals surface area contributed by atoms with E-state index in [4.69, 9.17) is 0 Å². The van der Waals surface area contributed by atoms with Crippen molar-refractivity contribution in [2.75, 3.05) is 0 Å². The Hall–Kier alpha value is -1.15. The van der Waals surface area contributed by atoms with Crippen molar-refractivity contribution in [3.63, 3.8) is 0 Å². The number of hydrogen-bond donors (Lipinski definition) is 1. The van der Waals surface area contributed by atoms with Crippen molar-refractivity contribution in [3.8, 4) is 0 Å². The molecule has 2 rings (SSSR count). The molecule has 1 atom stereocenters. The first-order chi connectivity index (χ1) is 7.16. The van der Waals surface area contributed by atoms with E-state index in [1.807, 2.05) is 12.1 Å². The molecule has 0 aromatic heterocycles. The summed E-state index contributed by atoms with van der Waals surface area (Å²) in [5.74, 6) is -0.171. The lowest BCUT2D eigenvalue weighted by Gasteiger charge is -2.17. The smallest absolute Gasteiger partial charge is 0.126 e. The molecule has 0 bridgehead atoms. The van der Waals surface area contributed by atoms with E-state index >= 15 is 0 Å². The number of hydrogen-bond acceptors (Lipinski definition) is 1. The second-order valence-electron chi connectivity index (χ2n) is 4.12. The molecule has 0 aliphatic heterocycles. The maximum Gasteiger partial charge on any atom is 0.126 e. The number of aryl methyl sites for hydroxylation is 1. The maximum absolute atomic E-state index is 13.1. The summed E-state index contributed by atoms with van der Waals surface area (Å²) in [4.78, 5) is 0. The van der Waals surface area contributed by atoms with Crippen LogP contribution < -0.4 is 0 Å². The summed E-state index contributed by atoms with van der Waals surface area (Å²) in [6.45, 7) is 1.76. The van der Waals surface area contributed by atoms with Gasteiger partial charge in [0.05, 0.1) is 6.10 Å². The molecule has 1 aliphatic rings. The molecule has 0 saturated heterocycles. The molecule has 0 radical (unpaired) electrons. The van der Waals surface area contributed by atoms with Crippen LogP contribution >= 0.6 is 0 Å². The van der Waals surface area contributed by atoms with E-state index in [9.17, 15) is 9.50 Å². The molecule has 1 nitrogen and oxygen atoms in total. The van der Waals surface area contributed by atoms with Crippen molar-refractivity contribution in [2.24, 2.45) is 0 Å². The molecule has 0 heterocycles. The van der Waals surface area contributed by atoms with Gasteiger partial charge < -0.3 is 5.11 Å². The Morgan fingerprint density at radius 2 is 2.20 bits per heavy atom. The van der Waals surface area contributed by atoms with Crippen LogP contribution in [0.3, 0.4) is 0 Å². The lowest BCUT2D eigenvalue weighted by atomic mass is 9.91. The predicted octanol–water partition coefficient (Wildman–Crippen LogP) is 3.06. The standard InChI is InChI=1S/C13H15FO/c1-9-7-11(5-6-13(9)14)10-3-2-4-12(15)8-10/h5-8,12,15H,2-4H2,1H3. The Morgan fingerprint density at radius 3 is 2.87 bits per heavy atom. The number of allylic oxidation sites excluding steroid dienone is 1. The van der Waals surface area contributed by atoms with Gasteiger partial charge in [0.25, 0.3) is 0 Å². The van der Waals surface area contributed by atoms with Crippen molar-refractivity contribution in [1.29, 1.82) is 0 Å². The van der Waals surface area contributed by atoms with Crippen molar-refractivity contribution in [1.82, 2.24) is 0 Å². The second-order valence-corrected chi connectivity index (χ2v) is 4.12. The first-order valence-electron chi connectivity index (χ1n) is 5.32. The highest BCUT2D eigenvalue weighted by Crippen LogP contribution is 2.27. The van der Waals surface area contributed by atoms with Gasteiger partial charge in [-0.05, 0) is 55.0 Å². The fourth-order valence-corrected chi connectivity index (χ4v) is 1.99. The highest BCUT2D eigenvalue weighted by molar-refractivity contribution is 5.67. The number of aliphatic hydroxyl groups is 1. The van der Waals surface area contributed by atoms with Gasteiger partial charge in [-0.25, -0.2) is 4.39 Å². The average Bonchev–Trinajstić information content (AvgIpc) is 2.22. The van der Waals surface area contributed by atoms with Crippen LogP contribution in [0, 0.1) is 12.7 Å². The quantitative estimate of drug-likeness (QED) is 0.748. The zero-order valence-electron chi connectivity index (χ0n) is 8.83. The van der Waals surface area contributed by atoms with Crippen LogP contribution in [0.1, 0.15) is 30.4 Å². The van der Waals surface area contributed by atoms with Crippen molar-refractivity contribution in [2.45, 2.75) is 32.3 Å². The third kappa shape index (κ3) is 2.26. The van der Waals surface area contributed by atoms with E-state index in [0.717, 1.165) is 30.4 Å². The Morgan fingerprint density at radius 1 is 1.40 bits per heavy atom. The lowest BCUT2D eigenvalue weighted by Crippen LogP contribution is -2.08. The molecule has 0 amide bonds. The van der Waals surface area contributed by atoms with Crippen LogP contribution in [-0.2, 0) is 0 Å². The molecule has 0 fully saturated rings. The summed E-state index contributed by atoms with van der Waals surface area (Å²) in [7, 11) is 0. The largest absolute Gasteiger partial charge is 0.389 e. The van der Waals surface area contributed by atoms with E-state index in [2.05, 4.69) is 0 Å². The zero-order valence-corrected chi connectivity index (χ0v) is 8.83. The number of rotatable bonds is 1. The van der Waals surface area contributed by atoms with Crippen LogP contribution in [0.5, 0.6) is 0 Å². The van der Waals surface area contributed by atoms with E-state index in [1.165, 1.54) is 6.07 Å². The molecule has 80 valence electrons. The van der Waals surface area contributed by atoms with E-state index in [1.54, 1.807) is 13.0 Å². The van der Waals surface area contributed by atoms with Crippen LogP contribution in [0.4, 0.5) is 4.39 Å². The minimum absolute atomic E-state index is 0.171. The molecular weight excluding hydrogens is 191 g/mol. The second kappa shape index (κ2) is 4.15. The summed E-state index contributed by atoms with van der Waals surface area (Å²) in [5.41, 5.74) is 2.83. The van der Waals surface area contributed by atoms with Gasteiger partial charge in [0.2, 0.25) is 0 Å². The molecule has 1 aromatic rings. The van der Waals surface area contributed by atoms with Crippen LogP contribution in [0.2, 0.25) is 0 Å². The van der Waals surface area contributed by atoms with Gasteiger partial charge in [-0.15, -0.1) is 0 Å². The van der Waals surface area contributed by atoms with Gasteiger partial charge >= 0.3 is 0 Å². The zero-order chi connectivity index (χ0) is 10.8. The van der Waals surface area contributed by atoms with Gasteiger partial charge in [0, 0.05) is 0 Å². The summed E-state index contributed by atoms with van der Waals surface area (Å²) in [6.07, 6.45) is 4.37. The van der Waals surface area contributed by atoms with Crippen molar-refractivity contribution >= 4 is 5.57 Å². The number of halogens is 1. The fraction of sp³-hybridized carbons (Fsp3) is 0.385. The molecule has 0 spiro atoms. The van der Waals surface area contributed by atoms with E-state index < -0.39 is 0 Å². The summed E-state index contributed by atoms with van der Waals surface area (Å²) in [6, 6.07) is 5.12. The maximum atomic E-state index is 13.1. The summed E-state index contributed by atoms with van der Waals surface area (Å²) < 4.78 is 13.1. The van der Waals surface area contributed by atoms with Crippen LogP contribution in [-0.4, -0.2) is 11.2 Å². The summed E-state index contributed by atoms with van der Waals surface area (Å²) in [5, 5.41) is 9.51. The topological polar surface area (TPSA) is 20.2 Å².